The highest BCUT2D eigenvalue weighted by Gasteiger charge is 2.21. The van der Waals surface area contributed by atoms with Gasteiger partial charge in [0.25, 0.3) is 5.56 Å². The number of esters is 1. The largest absolute Gasteiger partial charge is 0.452 e. The lowest BCUT2D eigenvalue weighted by Gasteiger charge is -2.10. The summed E-state index contributed by atoms with van der Waals surface area (Å²) in [5.74, 6) is -1.38. The number of ether oxygens (including phenoxy) is 1. The fourth-order valence-electron chi connectivity index (χ4n) is 4.05. The Bertz CT molecular complexity index is 1450. The first-order chi connectivity index (χ1) is 16.3. The molecule has 7 nitrogen and oxygen atoms in total. The van der Waals surface area contributed by atoms with Crippen molar-refractivity contribution in [1.82, 2.24) is 14.3 Å². The molecule has 4 aromatic rings. The maximum absolute atomic E-state index is 13.1. The van der Waals surface area contributed by atoms with Crippen molar-refractivity contribution < 1.29 is 18.7 Å². The van der Waals surface area contributed by atoms with Crippen LogP contribution in [0.4, 0.5) is 4.39 Å². The van der Waals surface area contributed by atoms with Crippen LogP contribution in [-0.4, -0.2) is 32.7 Å². The van der Waals surface area contributed by atoms with Crippen LogP contribution >= 0.6 is 0 Å². The summed E-state index contributed by atoms with van der Waals surface area (Å²) < 4.78 is 21.5. The molecule has 2 aromatic carbocycles. The molecule has 0 aliphatic rings. The second-order valence-corrected chi connectivity index (χ2v) is 8.14. The number of nitrogens with zero attached hydrogens (tertiary/aromatic N) is 3. The van der Waals surface area contributed by atoms with Crippen LogP contribution in [0.25, 0.3) is 10.8 Å². The van der Waals surface area contributed by atoms with E-state index in [2.05, 4.69) is 5.10 Å². The Hall–Kier alpha value is -4.07. The van der Waals surface area contributed by atoms with Crippen LogP contribution in [0, 0.1) is 19.7 Å². The first-order valence-corrected chi connectivity index (χ1v) is 10.8. The van der Waals surface area contributed by atoms with Crippen LogP contribution in [0.15, 0.2) is 59.4 Å². The minimum absolute atomic E-state index is 0.0183. The van der Waals surface area contributed by atoms with Crippen molar-refractivity contribution in [3.05, 3.63) is 99.0 Å². The molecule has 174 valence electrons. The first kappa shape index (κ1) is 23.1. The second-order valence-electron chi connectivity index (χ2n) is 8.14. The third kappa shape index (κ3) is 4.52. The van der Waals surface area contributed by atoms with E-state index in [1.165, 1.54) is 19.2 Å². The average molecular weight is 461 g/mol. The zero-order valence-electron chi connectivity index (χ0n) is 19.2. The lowest BCUT2D eigenvalue weighted by Crippen LogP contribution is -2.24. The van der Waals surface area contributed by atoms with E-state index in [4.69, 9.17) is 4.74 Å². The minimum atomic E-state index is -0.773. The highest BCUT2D eigenvalue weighted by Crippen LogP contribution is 2.18. The summed E-state index contributed by atoms with van der Waals surface area (Å²) in [4.78, 5) is 37.8. The molecule has 0 atom stereocenters. The third-order valence-electron chi connectivity index (χ3n) is 5.90. The highest BCUT2D eigenvalue weighted by atomic mass is 19.1. The zero-order valence-corrected chi connectivity index (χ0v) is 19.2. The molecule has 0 aliphatic heterocycles. The van der Waals surface area contributed by atoms with E-state index in [1.807, 2.05) is 18.4 Å². The van der Waals surface area contributed by atoms with E-state index in [0.717, 1.165) is 21.6 Å². The van der Waals surface area contributed by atoms with Crippen LogP contribution in [-0.2, 0) is 24.8 Å². The molecule has 0 amide bonds. The molecule has 0 N–H and O–H groups in total. The number of benzene rings is 2. The summed E-state index contributed by atoms with van der Waals surface area (Å²) in [7, 11) is 1.46. The van der Waals surface area contributed by atoms with E-state index in [1.54, 1.807) is 42.5 Å². The molecule has 2 heterocycles. The second kappa shape index (κ2) is 9.43. The van der Waals surface area contributed by atoms with Gasteiger partial charge in [-0.25, -0.2) is 13.9 Å². The molecule has 4 rings (SSSR count). The molecule has 8 heteroatoms. The number of fused-ring (bicyclic) bond motifs is 1. The molecule has 0 radical (unpaired) electrons. The molecule has 0 saturated heterocycles. The Balaban J connectivity index is 1.47. The maximum Gasteiger partial charge on any atom is 0.359 e. The molecular weight excluding hydrogens is 437 g/mol. The quantitative estimate of drug-likeness (QED) is 0.309. The van der Waals surface area contributed by atoms with E-state index < -0.39 is 12.6 Å². The van der Waals surface area contributed by atoms with Gasteiger partial charge in [0.2, 0.25) is 5.78 Å². The summed E-state index contributed by atoms with van der Waals surface area (Å²) in [5, 5.41) is 4.76. The van der Waals surface area contributed by atoms with E-state index >= 15 is 0 Å². The maximum atomic E-state index is 13.1. The van der Waals surface area contributed by atoms with Crippen molar-refractivity contribution in [3.8, 4) is 0 Å². The van der Waals surface area contributed by atoms with Crippen molar-refractivity contribution in [3.63, 3.8) is 0 Å². The summed E-state index contributed by atoms with van der Waals surface area (Å²) in [6, 6.07) is 14.8. The van der Waals surface area contributed by atoms with Gasteiger partial charge >= 0.3 is 5.97 Å². The van der Waals surface area contributed by atoms with Crippen molar-refractivity contribution >= 4 is 22.5 Å². The number of hydrogen-bond donors (Lipinski definition) is 0. The molecule has 0 unspecified atom stereocenters. The van der Waals surface area contributed by atoms with Gasteiger partial charge in [-0.3, -0.25) is 9.59 Å². The molecule has 34 heavy (non-hydrogen) atoms. The lowest BCUT2D eigenvalue weighted by molar-refractivity contribution is 0.0468. The number of Topliss-reactive ketones (excluding diaryl/α,β-unsaturated/α-hetero) is 1. The Kier molecular flexibility index (Phi) is 6.40. The van der Waals surface area contributed by atoms with Crippen molar-refractivity contribution in [2.45, 2.75) is 26.8 Å². The fraction of sp³-hybridized carbons (Fsp3) is 0.231. The summed E-state index contributed by atoms with van der Waals surface area (Å²) in [5.41, 5.74) is 2.80. The average Bonchev–Trinajstić information content (AvgIpc) is 3.12. The molecule has 0 saturated carbocycles. The number of carbonyl (C=O) groups excluding carboxylic acids is 2. The van der Waals surface area contributed by atoms with Gasteiger partial charge in [0.15, 0.2) is 12.3 Å². The fourth-order valence-corrected chi connectivity index (χ4v) is 4.05. The van der Waals surface area contributed by atoms with Gasteiger partial charge in [-0.1, -0.05) is 30.3 Å². The topological polar surface area (TPSA) is 83.2 Å². The first-order valence-electron chi connectivity index (χ1n) is 10.8. The molecule has 0 bridgehead atoms. The lowest BCUT2D eigenvalue weighted by atomic mass is 10.1. The van der Waals surface area contributed by atoms with Crippen molar-refractivity contribution in [1.29, 1.82) is 0 Å². The SMILES string of the molecule is Cc1cc(C(=O)COC(=O)c2nn(C)c(=O)c3ccccc23)c(C)n1CCc1ccc(F)cc1. The summed E-state index contributed by atoms with van der Waals surface area (Å²) >= 11 is 0. The number of aromatic nitrogens is 3. The predicted octanol–water partition coefficient (Wildman–Crippen LogP) is 3.77. The number of carbonyl (C=O) groups is 2. The molecule has 2 aromatic heterocycles. The molecule has 0 fully saturated rings. The van der Waals surface area contributed by atoms with Gasteiger partial charge in [0, 0.05) is 35.9 Å². The van der Waals surface area contributed by atoms with Crippen LogP contribution in [0.2, 0.25) is 0 Å². The van der Waals surface area contributed by atoms with Gasteiger partial charge < -0.3 is 9.30 Å². The number of rotatable bonds is 7. The van der Waals surface area contributed by atoms with E-state index in [0.29, 0.717) is 29.3 Å². The highest BCUT2D eigenvalue weighted by molar-refractivity contribution is 6.04. The third-order valence-corrected chi connectivity index (χ3v) is 5.90. The van der Waals surface area contributed by atoms with Gasteiger partial charge in [-0.05, 0) is 50.1 Å². The zero-order chi connectivity index (χ0) is 24.4. The van der Waals surface area contributed by atoms with Crippen LogP contribution in [0.1, 0.15) is 37.8 Å². The van der Waals surface area contributed by atoms with Crippen LogP contribution in [0.3, 0.4) is 0 Å². The molecule has 0 aliphatic carbocycles. The number of hydrogen-bond acceptors (Lipinski definition) is 5. The van der Waals surface area contributed by atoms with Gasteiger partial charge in [0.1, 0.15) is 5.82 Å². The van der Waals surface area contributed by atoms with Gasteiger partial charge in [0.05, 0.1) is 5.39 Å². The monoisotopic (exact) mass is 461 g/mol. The normalized spacial score (nSPS) is 11.1. The Morgan fingerprint density at radius 2 is 1.71 bits per heavy atom. The molecule has 0 spiro atoms. The number of ketones is 1. The molecular formula is C26H24FN3O4. The Morgan fingerprint density at radius 1 is 1.03 bits per heavy atom. The Labute approximate surface area is 195 Å². The number of aryl methyl sites for hydroxylation is 3. The van der Waals surface area contributed by atoms with Gasteiger partial charge in [-0.2, -0.15) is 5.10 Å². The minimum Gasteiger partial charge on any atom is -0.452 e. The smallest absolute Gasteiger partial charge is 0.359 e. The van der Waals surface area contributed by atoms with E-state index in [-0.39, 0.29) is 22.9 Å². The number of halogens is 1. The van der Waals surface area contributed by atoms with Gasteiger partial charge in [-0.15, -0.1) is 0 Å². The van der Waals surface area contributed by atoms with Crippen molar-refractivity contribution in [2.75, 3.05) is 6.61 Å². The van der Waals surface area contributed by atoms with Crippen molar-refractivity contribution in [2.24, 2.45) is 7.05 Å². The summed E-state index contributed by atoms with van der Waals surface area (Å²) in [6.07, 6.45) is 0.685. The van der Waals surface area contributed by atoms with Crippen LogP contribution in [0.5, 0.6) is 0 Å². The predicted molar refractivity (Wildman–Crippen MR) is 126 cm³/mol. The Morgan fingerprint density at radius 3 is 2.41 bits per heavy atom. The summed E-state index contributed by atoms with van der Waals surface area (Å²) in [6.45, 7) is 3.93. The van der Waals surface area contributed by atoms with Crippen LogP contribution < -0.4 is 5.56 Å². The standard InChI is InChI=1S/C26H24FN3O4/c1-16-14-22(17(2)30(16)13-12-18-8-10-19(27)11-9-18)23(31)15-34-26(33)24-20-6-4-5-7-21(20)25(32)29(3)28-24/h4-11,14H,12-13,15H2,1-3H3. The van der Waals surface area contributed by atoms with E-state index in [9.17, 15) is 18.8 Å².